The number of halogens is 1. The first-order chi connectivity index (χ1) is 10.3. The maximum absolute atomic E-state index is 5.97. The van der Waals surface area contributed by atoms with Crippen LogP contribution in [0.5, 0.6) is 0 Å². The summed E-state index contributed by atoms with van der Waals surface area (Å²) in [6, 6.07) is 9.08. The van der Waals surface area contributed by atoms with Gasteiger partial charge in [-0.25, -0.2) is 0 Å². The molecule has 0 amide bonds. The van der Waals surface area contributed by atoms with E-state index in [1.165, 1.54) is 37.7 Å². The van der Waals surface area contributed by atoms with Crippen LogP contribution in [0.25, 0.3) is 0 Å². The van der Waals surface area contributed by atoms with Crippen LogP contribution >= 0.6 is 15.9 Å². The zero-order valence-electron chi connectivity index (χ0n) is 13.1. The fourth-order valence-electron chi connectivity index (χ4n) is 3.02. The Balaban J connectivity index is 1.63. The van der Waals surface area contributed by atoms with E-state index in [2.05, 4.69) is 52.4 Å². The first-order valence-corrected chi connectivity index (χ1v) is 9.19. The van der Waals surface area contributed by atoms with Gasteiger partial charge < -0.3 is 10.1 Å². The molecule has 0 heterocycles. The molecule has 1 aliphatic carbocycles. The number of ether oxygens (including phenoxy) is 1. The Hall–Kier alpha value is -0.380. The Labute approximate surface area is 137 Å². The number of hydrogen-bond acceptors (Lipinski definition) is 2. The molecule has 0 aliphatic heterocycles. The average Bonchev–Trinajstić information content (AvgIpc) is 2.53. The molecule has 1 aromatic carbocycles. The third-order valence-corrected chi connectivity index (χ3v) is 4.83. The maximum atomic E-state index is 5.97. The van der Waals surface area contributed by atoms with Crippen molar-refractivity contribution in [2.75, 3.05) is 13.2 Å². The second kappa shape index (κ2) is 9.60. The molecule has 21 heavy (non-hydrogen) atoms. The highest BCUT2D eigenvalue weighted by molar-refractivity contribution is 9.10. The summed E-state index contributed by atoms with van der Waals surface area (Å²) in [5.41, 5.74) is 1.37. The van der Waals surface area contributed by atoms with Gasteiger partial charge in [-0.3, -0.25) is 0 Å². The third kappa shape index (κ3) is 6.09. The lowest BCUT2D eigenvalue weighted by molar-refractivity contribution is 0.0271. The third-order valence-electron chi connectivity index (χ3n) is 4.30. The summed E-state index contributed by atoms with van der Waals surface area (Å²) in [4.78, 5) is 0. The van der Waals surface area contributed by atoms with E-state index in [1.54, 1.807) is 0 Å². The molecule has 2 rings (SSSR count). The van der Waals surface area contributed by atoms with Gasteiger partial charge in [0.05, 0.1) is 6.10 Å². The molecule has 1 N–H and O–H groups in total. The molecule has 1 unspecified atom stereocenters. The Morgan fingerprint density at radius 1 is 1.19 bits per heavy atom. The molecule has 1 aromatic rings. The van der Waals surface area contributed by atoms with Crippen molar-refractivity contribution in [1.82, 2.24) is 5.32 Å². The molecule has 0 radical (unpaired) electrons. The lowest BCUT2D eigenvalue weighted by Crippen LogP contribution is -2.24. The van der Waals surface area contributed by atoms with Crippen LogP contribution in [-0.4, -0.2) is 19.3 Å². The molecular formula is C18H28BrNO. The van der Waals surface area contributed by atoms with Gasteiger partial charge in [-0.15, -0.1) is 0 Å². The highest BCUT2D eigenvalue weighted by Gasteiger charge is 2.13. The molecular weight excluding hydrogens is 326 g/mol. The monoisotopic (exact) mass is 353 g/mol. The van der Waals surface area contributed by atoms with Crippen LogP contribution in [0.1, 0.15) is 63.5 Å². The van der Waals surface area contributed by atoms with E-state index >= 15 is 0 Å². The van der Waals surface area contributed by atoms with Crippen LogP contribution in [0.15, 0.2) is 28.7 Å². The van der Waals surface area contributed by atoms with E-state index in [-0.39, 0.29) is 0 Å². The van der Waals surface area contributed by atoms with Gasteiger partial charge in [0.2, 0.25) is 0 Å². The normalized spacial score (nSPS) is 17.8. The Bertz CT molecular complexity index is 387. The Kier molecular flexibility index (Phi) is 7.76. The van der Waals surface area contributed by atoms with Crippen molar-refractivity contribution in [2.24, 2.45) is 0 Å². The molecule has 2 nitrogen and oxygen atoms in total. The molecule has 1 saturated carbocycles. The lowest BCUT2D eigenvalue weighted by atomic mass is 9.98. The van der Waals surface area contributed by atoms with Gasteiger partial charge in [0.25, 0.3) is 0 Å². The van der Waals surface area contributed by atoms with Crippen LogP contribution in [0.2, 0.25) is 0 Å². The van der Waals surface area contributed by atoms with Gasteiger partial charge >= 0.3 is 0 Å². The zero-order chi connectivity index (χ0) is 14.9. The summed E-state index contributed by atoms with van der Waals surface area (Å²) in [5.74, 6) is 0. The van der Waals surface area contributed by atoms with E-state index in [0.717, 1.165) is 30.5 Å². The predicted octanol–water partition coefficient (Wildman–Crippen LogP) is 5.23. The van der Waals surface area contributed by atoms with Gasteiger partial charge in [-0.2, -0.15) is 0 Å². The van der Waals surface area contributed by atoms with Gasteiger partial charge in [-0.05, 0) is 49.9 Å². The molecule has 3 heteroatoms. The minimum Gasteiger partial charge on any atom is -0.378 e. The molecule has 1 aliphatic rings. The second-order valence-electron chi connectivity index (χ2n) is 5.95. The first kappa shape index (κ1) is 17.0. The Morgan fingerprint density at radius 2 is 1.90 bits per heavy atom. The standard InChI is InChI=1S/C18H28BrNO/c1-2-18(15-9-11-16(19)12-10-15)20-13-6-14-21-17-7-4-3-5-8-17/h9-12,17-18,20H,2-8,13-14H2,1H3. The summed E-state index contributed by atoms with van der Waals surface area (Å²) >= 11 is 3.49. The highest BCUT2D eigenvalue weighted by atomic mass is 79.9. The molecule has 0 bridgehead atoms. The number of benzene rings is 1. The quantitative estimate of drug-likeness (QED) is 0.646. The fraction of sp³-hybridized carbons (Fsp3) is 0.667. The van der Waals surface area contributed by atoms with E-state index in [9.17, 15) is 0 Å². The topological polar surface area (TPSA) is 21.3 Å². The lowest BCUT2D eigenvalue weighted by Gasteiger charge is -2.22. The van der Waals surface area contributed by atoms with E-state index < -0.39 is 0 Å². The van der Waals surface area contributed by atoms with Crippen molar-refractivity contribution in [3.05, 3.63) is 34.3 Å². The SMILES string of the molecule is CCC(NCCCOC1CCCCC1)c1ccc(Br)cc1. The molecule has 0 spiro atoms. The number of hydrogen-bond donors (Lipinski definition) is 1. The first-order valence-electron chi connectivity index (χ1n) is 8.40. The molecule has 1 atom stereocenters. The minimum absolute atomic E-state index is 0.452. The van der Waals surface area contributed by atoms with Gasteiger partial charge in [0.1, 0.15) is 0 Å². The van der Waals surface area contributed by atoms with Crippen molar-refractivity contribution in [3.8, 4) is 0 Å². The number of rotatable bonds is 8. The largest absolute Gasteiger partial charge is 0.378 e. The molecule has 118 valence electrons. The van der Waals surface area contributed by atoms with E-state index in [0.29, 0.717) is 12.1 Å². The predicted molar refractivity (Wildman–Crippen MR) is 92.6 cm³/mol. The molecule has 0 saturated heterocycles. The van der Waals surface area contributed by atoms with Crippen LogP contribution in [0.4, 0.5) is 0 Å². The average molecular weight is 354 g/mol. The number of nitrogens with one attached hydrogen (secondary N) is 1. The minimum atomic E-state index is 0.452. The van der Waals surface area contributed by atoms with Gasteiger partial charge in [0.15, 0.2) is 0 Å². The smallest absolute Gasteiger partial charge is 0.0575 e. The van der Waals surface area contributed by atoms with E-state index in [4.69, 9.17) is 4.74 Å². The van der Waals surface area contributed by atoms with Crippen LogP contribution in [0.3, 0.4) is 0 Å². The fourth-order valence-corrected chi connectivity index (χ4v) is 3.29. The summed E-state index contributed by atoms with van der Waals surface area (Å²) in [6.45, 7) is 4.16. The zero-order valence-corrected chi connectivity index (χ0v) is 14.7. The van der Waals surface area contributed by atoms with Gasteiger partial charge in [-0.1, -0.05) is 54.2 Å². The van der Waals surface area contributed by atoms with Gasteiger partial charge in [0, 0.05) is 17.1 Å². The van der Waals surface area contributed by atoms with Crippen molar-refractivity contribution in [3.63, 3.8) is 0 Å². The van der Waals surface area contributed by atoms with Crippen molar-refractivity contribution in [2.45, 2.75) is 64.0 Å². The summed E-state index contributed by atoms with van der Waals surface area (Å²) in [5, 5.41) is 3.65. The summed E-state index contributed by atoms with van der Waals surface area (Å²) in [7, 11) is 0. The second-order valence-corrected chi connectivity index (χ2v) is 6.87. The van der Waals surface area contributed by atoms with Crippen molar-refractivity contribution >= 4 is 15.9 Å². The Morgan fingerprint density at radius 3 is 2.57 bits per heavy atom. The van der Waals surface area contributed by atoms with E-state index in [1.807, 2.05) is 0 Å². The van der Waals surface area contributed by atoms with Crippen LogP contribution in [0, 0.1) is 0 Å². The highest BCUT2D eigenvalue weighted by Crippen LogP contribution is 2.21. The maximum Gasteiger partial charge on any atom is 0.0575 e. The van der Waals surface area contributed by atoms with Crippen molar-refractivity contribution in [1.29, 1.82) is 0 Å². The van der Waals surface area contributed by atoms with Crippen LogP contribution < -0.4 is 5.32 Å². The summed E-state index contributed by atoms with van der Waals surface area (Å²) < 4.78 is 7.11. The van der Waals surface area contributed by atoms with Crippen LogP contribution in [-0.2, 0) is 4.74 Å². The summed E-state index contributed by atoms with van der Waals surface area (Å²) in [6.07, 6.45) is 9.39. The molecule has 0 aromatic heterocycles. The van der Waals surface area contributed by atoms with Crippen molar-refractivity contribution < 1.29 is 4.74 Å². The molecule has 1 fully saturated rings.